The van der Waals surface area contributed by atoms with Crippen LogP contribution in [0.15, 0.2) is 18.2 Å². The van der Waals surface area contributed by atoms with E-state index in [1.165, 1.54) is 13.2 Å². The zero-order valence-electron chi connectivity index (χ0n) is 7.85. The predicted octanol–water partition coefficient (Wildman–Crippen LogP) is 2.00. The molecule has 0 aliphatic carbocycles. The third-order valence-electron chi connectivity index (χ3n) is 1.82. The van der Waals surface area contributed by atoms with Crippen LogP contribution in [-0.4, -0.2) is 12.9 Å². The average Bonchev–Trinajstić information content (AvgIpc) is 2.15. The molecule has 1 aromatic carbocycles. The Morgan fingerprint density at radius 2 is 2.00 bits per heavy atom. The third-order valence-corrected chi connectivity index (χ3v) is 1.82. The third kappa shape index (κ3) is 2.39. The van der Waals surface area contributed by atoms with E-state index in [2.05, 4.69) is 4.74 Å². The second-order valence-electron chi connectivity index (χ2n) is 2.82. The van der Waals surface area contributed by atoms with E-state index in [0.717, 1.165) is 12.1 Å². The summed E-state index contributed by atoms with van der Waals surface area (Å²) < 4.78 is 42.2. The van der Waals surface area contributed by atoms with Crippen molar-refractivity contribution in [1.82, 2.24) is 0 Å². The van der Waals surface area contributed by atoms with Crippen LogP contribution in [0.2, 0.25) is 0 Å². The van der Waals surface area contributed by atoms with Gasteiger partial charge >= 0.3 is 6.18 Å². The zero-order chi connectivity index (χ0) is 11.6. The van der Waals surface area contributed by atoms with Crippen LogP contribution >= 0.6 is 0 Å². The van der Waals surface area contributed by atoms with Gasteiger partial charge in [0.05, 0.1) is 12.7 Å². The van der Waals surface area contributed by atoms with Gasteiger partial charge in [0.2, 0.25) is 0 Å². The van der Waals surface area contributed by atoms with Crippen molar-refractivity contribution in [2.24, 2.45) is 5.73 Å². The molecule has 0 aliphatic rings. The number of hydrogen-bond donors (Lipinski definition) is 2. The number of halogens is 3. The molecule has 0 saturated heterocycles. The van der Waals surface area contributed by atoms with E-state index in [-0.39, 0.29) is 11.3 Å². The number of nitrogens with one attached hydrogen (secondary N) is 1. The summed E-state index contributed by atoms with van der Waals surface area (Å²) in [5.74, 6) is -0.544. The van der Waals surface area contributed by atoms with Crippen molar-refractivity contribution in [2.45, 2.75) is 6.18 Å². The summed E-state index contributed by atoms with van der Waals surface area (Å²) in [4.78, 5) is 0. The Morgan fingerprint density at radius 3 is 2.40 bits per heavy atom. The summed E-state index contributed by atoms with van der Waals surface area (Å²) >= 11 is 0. The van der Waals surface area contributed by atoms with Crippen LogP contribution in [0.5, 0.6) is 5.75 Å². The molecule has 6 heteroatoms. The number of amidine groups is 1. The number of nitrogen functional groups attached to an aromatic ring is 1. The molecule has 0 spiro atoms. The Labute approximate surface area is 84.2 Å². The standard InChI is InChI=1S/C9H9F3N2O/c1-15-5-2-3-6(8(13)14)7(4-5)9(10,11)12/h2-4H,1H3,(H3,13,14). The second-order valence-corrected chi connectivity index (χ2v) is 2.82. The van der Waals surface area contributed by atoms with Crippen molar-refractivity contribution in [3.63, 3.8) is 0 Å². The average molecular weight is 218 g/mol. The van der Waals surface area contributed by atoms with Crippen molar-refractivity contribution < 1.29 is 17.9 Å². The molecule has 0 saturated carbocycles. The van der Waals surface area contributed by atoms with Gasteiger partial charge in [-0.25, -0.2) is 0 Å². The van der Waals surface area contributed by atoms with Crippen LogP contribution in [0.25, 0.3) is 0 Å². The molecule has 0 fully saturated rings. The molecule has 0 aromatic heterocycles. The molecular formula is C9H9F3N2O. The molecule has 1 rings (SSSR count). The fourth-order valence-corrected chi connectivity index (χ4v) is 1.12. The number of nitrogens with two attached hydrogens (primary N) is 1. The molecule has 15 heavy (non-hydrogen) atoms. The summed E-state index contributed by atoms with van der Waals surface area (Å²) in [6.07, 6.45) is -4.55. The molecule has 0 amide bonds. The Hall–Kier alpha value is -1.72. The molecule has 3 N–H and O–H groups in total. The maximum absolute atomic E-state index is 12.5. The number of benzene rings is 1. The highest BCUT2D eigenvalue weighted by atomic mass is 19.4. The molecular weight excluding hydrogens is 209 g/mol. The van der Waals surface area contributed by atoms with Gasteiger partial charge in [0.1, 0.15) is 11.6 Å². The maximum Gasteiger partial charge on any atom is 0.417 e. The van der Waals surface area contributed by atoms with Gasteiger partial charge in [0.25, 0.3) is 0 Å². The van der Waals surface area contributed by atoms with Gasteiger partial charge in [0.15, 0.2) is 0 Å². The lowest BCUT2D eigenvalue weighted by Crippen LogP contribution is -2.18. The molecule has 3 nitrogen and oxygen atoms in total. The van der Waals surface area contributed by atoms with Crippen molar-refractivity contribution in [1.29, 1.82) is 5.41 Å². The molecule has 0 radical (unpaired) electrons. The van der Waals surface area contributed by atoms with Crippen LogP contribution in [0, 0.1) is 5.41 Å². The minimum Gasteiger partial charge on any atom is -0.497 e. The maximum atomic E-state index is 12.5. The van der Waals surface area contributed by atoms with Crippen molar-refractivity contribution in [3.8, 4) is 5.75 Å². The molecule has 0 unspecified atom stereocenters. The van der Waals surface area contributed by atoms with Gasteiger partial charge in [-0.3, -0.25) is 5.41 Å². The normalized spacial score (nSPS) is 11.2. The van der Waals surface area contributed by atoms with Gasteiger partial charge in [-0.2, -0.15) is 13.2 Å². The molecule has 82 valence electrons. The number of ether oxygens (including phenoxy) is 1. The fourth-order valence-electron chi connectivity index (χ4n) is 1.12. The topological polar surface area (TPSA) is 59.1 Å². The van der Waals surface area contributed by atoms with E-state index in [1.807, 2.05) is 0 Å². The Kier molecular flexibility index (Phi) is 2.88. The number of rotatable bonds is 2. The lowest BCUT2D eigenvalue weighted by Gasteiger charge is -2.12. The first-order valence-corrected chi connectivity index (χ1v) is 3.96. The first-order valence-electron chi connectivity index (χ1n) is 3.96. The van der Waals surface area contributed by atoms with Gasteiger partial charge in [0, 0.05) is 5.56 Å². The molecule has 0 bridgehead atoms. The van der Waals surface area contributed by atoms with Crippen LogP contribution in [-0.2, 0) is 6.18 Å². The monoisotopic (exact) mass is 218 g/mol. The minimum atomic E-state index is -4.55. The van der Waals surface area contributed by atoms with Crippen LogP contribution < -0.4 is 10.5 Å². The van der Waals surface area contributed by atoms with E-state index in [9.17, 15) is 13.2 Å². The summed E-state index contributed by atoms with van der Waals surface area (Å²) in [7, 11) is 1.27. The van der Waals surface area contributed by atoms with Crippen molar-refractivity contribution in [2.75, 3.05) is 7.11 Å². The van der Waals surface area contributed by atoms with Crippen molar-refractivity contribution >= 4 is 5.84 Å². The smallest absolute Gasteiger partial charge is 0.417 e. The SMILES string of the molecule is COc1ccc(C(=N)N)c(C(F)(F)F)c1. The number of methoxy groups -OCH3 is 1. The molecule has 0 heterocycles. The minimum absolute atomic E-state index is 0.0762. The fraction of sp³-hybridized carbons (Fsp3) is 0.222. The van der Waals surface area contributed by atoms with E-state index in [1.54, 1.807) is 0 Å². The quantitative estimate of drug-likeness (QED) is 0.589. The van der Waals surface area contributed by atoms with Crippen molar-refractivity contribution in [3.05, 3.63) is 29.3 Å². The second kappa shape index (κ2) is 3.80. The number of hydrogen-bond acceptors (Lipinski definition) is 2. The first kappa shape index (κ1) is 11.4. The van der Waals surface area contributed by atoms with Gasteiger partial charge in [-0.15, -0.1) is 0 Å². The highest BCUT2D eigenvalue weighted by Gasteiger charge is 2.34. The van der Waals surface area contributed by atoms with E-state index >= 15 is 0 Å². The summed E-state index contributed by atoms with van der Waals surface area (Å²) in [5.41, 5.74) is 3.74. The molecule has 0 atom stereocenters. The summed E-state index contributed by atoms with van der Waals surface area (Å²) in [5, 5.41) is 7.02. The lowest BCUT2D eigenvalue weighted by atomic mass is 10.1. The predicted molar refractivity (Wildman–Crippen MR) is 49.0 cm³/mol. The highest BCUT2D eigenvalue weighted by molar-refractivity contribution is 5.96. The van der Waals surface area contributed by atoms with Gasteiger partial charge in [-0.05, 0) is 18.2 Å². The highest BCUT2D eigenvalue weighted by Crippen LogP contribution is 2.34. The van der Waals surface area contributed by atoms with Gasteiger partial charge < -0.3 is 10.5 Å². The Balaban J connectivity index is 3.36. The first-order chi connectivity index (χ1) is 6.86. The van der Waals surface area contributed by atoms with E-state index < -0.39 is 17.6 Å². The molecule has 0 aliphatic heterocycles. The van der Waals surface area contributed by atoms with Crippen LogP contribution in [0.1, 0.15) is 11.1 Å². The largest absolute Gasteiger partial charge is 0.497 e. The van der Waals surface area contributed by atoms with E-state index in [0.29, 0.717) is 0 Å². The van der Waals surface area contributed by atoms with Crippen LogP contribution in [0.3, 0.4) is 0 Å². The zero-order valence-corrected chi connectivity index (χ0v) is 7.85. The Bertz CT molecular complexity index is 387. The van der Waals surface area contributed by atoms with Gasteiger partial charge in [-0.1, -0.05) is 0 Å². The van der Waals surface area contributed by atoms with E-state index in [4.69, 9.17) is 11.1 Å². The van der Waals surface area contributed by atoms with Crippen LogP contribution in [0.4, 0.5) is 13.2 Å². The number of alkyl halides is 3. The lowest BCUT2D eigenvalue weighted by molar-refractivity contribution is -0.137. The summed E-state index contributed by atoms with van der Waals surface area (Å²) in [6.45, 7) is 0. The molecule has 1 aromatic rings. The summed E-state index contributed by atoms with van der Waals surface area (Å²) in [6, 6.07) is 3.26. The Morgan fingerprint density at radius 1 is 1.40 bits per heavy atom.